The Bertz CT molecular complexity index is 898. The van der Waals surface area contributed by atoms with Gasteiger partial charge in [-0.05, 0) is 44.0 Å². The van der Waals surface area contributed by atoms with Crippen LogP contribution in [0.5, 0.6) is 0 Å². The molecule has 5 nitrogen and oxygen atoms in total. The quantitative estimate of drug-likeness (QED) is 0.742. The molecule has 124 valence electrons. The molecule has 0 saturated carbocycles. The third-order valence-corrected chi connectivity index (χ3v) is 4.16. The van der Waals surface area contributed by atoms with E-state index < -0.39 is 0 Å². The van der Waals surface area contributed by atoms with Gasteiger partial charge in [0.05, 0.1) is 17.3 Å². The average molecular weight is 322 g/mol. The van der Waals surface area contributed by atoms with E-state index in [0.29, 0.717) is 6.54 Å². The summed E-state index contributed by atoms with van der Waals surface area (Å²) in [7, 11) is 3.74. The lowest BCUT2D eigenvalue weighted by molar-refractivity contribution is 0.0798. The maximum Gasteiger partial charge on any atom is 0.254 e. The molecular weight excluding hydrogens is 300 g/mol. The molecule has 0 unspecified atom stereocenters. The van der Waals surface area contributed by atoms with Gasteiger partial charge < -0.3 is 4.90 Å². The highest BCUT2D eigenvalue weighted by molar-refractivity contribution is 6.06. The first-order valence-electron chi connectivity index (χ1n) is 8.05. The van der Waals surface area contributed by atoms with Crippen LogP contribution in [0.2, 0.25) is 0 Å². The lowest BCUT2D eigenvalue weighted by Crippen LogP contribution is -2.29. The van der Waals surface area contributed by atoms with Gasteiger partial charge in [-0.1, -0.05) is 11.6 Å². The molecule has 0 bridgehead atoms. The van der Waals surface area contributed by atoms with E-state index in [-0.39, 0.29) is 5.91 Å². The van der Waals surface area contributed by atoms with Crippen molar-refractivity contribution >= 4 is 16.8 Å². The van der Waals surface area contributed by atoms with Crippen molar-refractivity contribution in [2.24, 2.45) is 7.05 Å². The van der Waals surface area contributed by atoms with Crippen LogP contribution in [0.15, 0.2) is 36.7 Å². The van der Waals surface area contributed by atoms with Crippen molar-refractivity contribution in [2.75, 3.05) is 13.6 Å². The van der Waals surface area contributed by atoms with E-state index in [0.717, 1.165) is 39.7 Å². The molecule has 1 aromatic carbocycles. The molecule has 0 radical (unpaired) electrons. The van der Waals surface area contributed by atoms with Crippen molar-refractivity contribution in [2.45, 2.75) is 20.3 Å². The standard InChI is InChI=1S/C19H22N4O/c1-13-5-6-18-16(9-13)17(10-14(2)21-18)19(24)22(3)8-7-15-11-20-23(4)12-15/h5-6,9-12H,7-8H2,1-4H3. The van der Waals surface area contributed by atoms with E-state index in [1.807, 2.05) is 64.6 Å². The van der Waals surface area contributed by atoms with Gasteiger partial charge in [-0.2, -0.15) is 5.10 Å². The Morgan fingerprint density at radius 2 is 2.04 bits per heavy atom. The molecule has 2 aromatic heterocycles. The Hall–Kier alpha value is -2.69. The topological polar surface area (TPSA) is 51.0 Å². The SMILES string of the molecule is Cc1ccc2nc(C)cc(C(=O)N(C)CCc3cnn(C)c3)c2c1. The highest BCUT2D eigenvalue weighted by Gasteiger charge is 2.16. The van der Waals surface area contributed by atoms with Crippen LogP contribution in [-0.4, -0.2) is 39.2 Å². The van der Waals surface area contributed by atoms with Gasteiger partial charge in [0.25, 0.3) is 5.91 Å². The number of rotatable bonds is 4. The van der Waals surface area contributed by atoms with E-state index in [1.165, 1.54) is 0 Å². The zero-order valence-electron chi connectivity index (χ0n) is 14.6. The predicted octanol–water partition coefficient (Wildman–Crippen LogP) is 2.90. The summed E-state index contributed by atoms with van der Waals surface area (Å²) in [6.07, 6.45) is 4.61. The van der Waals surface area contributed by atoms with Crippen LogP contribution in [0.4, 0.5) is 0 Å². The van der Waals surface area contributed by atoms with Crippen LogP contribution in [0, 0.1) is 13.8 Å². The van der Waals surface area contributed by atoms with Crippen LogP contribution in [0.25, 0.3) is 10.9 Å². The zero-order valence-corrected chi connectivity index (χ0v) is 14.6. The van der Waals surface area contributed by atoms with E-state index in [4.69, 9.17) is 0 Å². The molecule has 0 aliphatic rings. The smallest absolute Gasteiger partial charge is 0.254 e. The summed E-state index contributed by atoms with van der Waals surface area (Å²) in [4.78, 5) is 19.2. The van der Waals surface area contributed by atoms with Gasteiger partial charge >= 0.3 is 0 Å². The number of pyridine rings is 1. The molecular formula is C19H22N4O. The summed E-state index contributed by atoms with van der Waals surface area (Å²) < 4.78 is 1.78. The minimum absolute atomic E-state index is 0.0278. The highest BCUT2D eigenvalue weighted by Crippen LogP contribution is 2.21. The monoisotopic (exact) mass is 322 g/mol. The summed E-state index contributed by atoms with van der Waals surface area (Å²) in [6, 6.07) is 7.91. The molecule has 3 aromatic rings. The fourth-order valence-corrected chi connectivity index (χ4v) is 2.85. The van der Waals surface area contributed by atoms with Crippen LogP contribution < -0.4 is 0 Å². The van der Waals surface area contributed by atoms with E-state index in [9.17, 15) is 4.79 Å². The summed E-state index contributed by atoms with van der Waals surface area (Å²) in [5.74, 6) is 0.0278. The Morgan fingerprint density at radius 1 is 1.25 bits per heavy atom. The van der Waals surface area contributed by atoms with Crippen molar-refractivity contribution in [1.29, 1.82) is 0 Å². The molecule has 0 fully saturated rings. The number of carbonyl (C=O) groups excluding carboxylic acids is 1. The van der Waals surface area contributed by atoms with Gasteiger partial charge in [0.15, 0.2) is 0 Å². The van der Waals surface area contributed by atoms with Gasteiger partial charge in [0, 0.05) is 37.9 Å². The predicted molar refractivity (Wildman–Crippen MR) is 95.1 cm³/mol. The van der Waals surface area contributed by atoms with Crippen molar-refractivity contribution in [3.8, 4) is 0 Å². The van der Waals surface area contributed by atoms with Crippen LogP contribution in [0.1, 0.15) is 27.2 Å². The van der Waals surface area contributed by atoms with Crippen LogP contribution >= 0.6 is 0 Å². The molecule has 0 saturated heterocycles. The maximum absolute atomic E-state index is 12.9. The first kappa shape index (κ1) is 16.2. The number of aromatic nitrogens is 3. The lowest BCUT2D eigenvalue weighted by atomic mass is 10.0. The molecule has 3 rings (SSSR count). The minimum atomic E-state index is 0.0278. The molecule has 0 aliphatic heterocycles. The number of amides is 1. The summed E-state index contributed by atoms with van der Waals surface area (Å²) >= 11 is 0. The summed E-state index contributed by atoms with van der Waals surface area (Å²) in [5.41, 5.74) is 4.69. The molecule has 1 amide bonds. The van der Waals surface area contributed by atoms with Gasteiger partial charge in [-0.25, -0.2) is 0 Å². The Kier molecular flexibility index (Phi) is 4.34. The molecule has 24 heavy (non-hydrogen) atoms. The summed E-state index contributed by atoms with van der Waals surface area (Å²) in [5, 5.41) is 5.08. The number of hydrogen-bond donors (Lipinski definition) is 0. The number of nitrogens with zero attached hydrogens (tertiary/aromatic N) is 4. The second-order valence-electron chi connectivity index (χ2n) is 6.33. The zero-order chi connectivity index (χ0) is 17.3. The van der Waals surface area contributed by atoms with Gasteiger partial charge in [-0.3, -0.25) is 14.5 Å². The van der Waals surface area contributed by atoms with Crippen molar-refractivity contribution in [3.63, 3.8) is 0 Å². The van der Waals surface area contributed by atoms with E-state index in [2.05, 4.69) is 10.1 Å². The fourth-order valence-electron chi connectivity index (χ4n) is 2.85. The van der Waals surface area contributed by atoms with Crippen LogP contribution in [0.3, 0.4) is 0 Å². The van der Waals surface area contributed by atoms with E-state index in [1.54, 1.807) is 9.58 Å². The first-order chi connectivity index (χ1) is 11.4. The number of fused-ring (bicyclic) bond motifs is 1. The Balaban J connectivity index is 1.85. The molecule has 2 heterocycles. The fraction of sp³-hybridized carbons (Fsp3) is 0.316. The second-order valence-corrected chi connectivity index (χ2v) is 6.33. The molecule has 0 spiro atoms. The van der Waals surface area contributed by atoms with Gasteiger partial charge in [-0.15, -0.1) is 0 Å². The van der Waals surface area contributed by atoms with Gasteiger partial charge in [0.2, 0.25) is 0 Å². The minimum Gasteiger partial charge on any atom is -0.341 e. The second kappa shape index (κ2) is 6.43. The van der Waals surface area contributed by atoms with Crippen molar-refractivity contribution < 1.29 is 4.79 Å². The normalized spacial score (nSPS) is 11.0. The number of hydrogen-bond acceptors (Lipinski definition) is 3. The maximum atomic E-state index is 12.9. The highest BCUT2D eigenvalue weighted by atomic mass is 16.2. The molecule has 0 N–H and O–H groups in total. The third kappa shape index (κ3) is 3.30. The third-order valence-electron chi connectivity index (χ3n) is 4.16. The van der Waals surface area contributed by atoms with E-state index >= 15 is 0 Å². The van der Waals surface area contributed by atoms with Crippen molar-refractivity contribution in [1.82, 2.24) is 19.7 Å². The number of likely N-dealkylation sites (N-methyl/N-ethyl adjacent to an activating group) is 1. The number of benzene rings is 1. The Labute approximate surface area is 141 Å². The molecule has 0 atom stereocenters. The Morgan fingerprint density at radius 3 is 2.75 bits per heavy atom. The average Bonchev–Trinajstić information content (AvgIpc) is 2.97. The van der Waals surface area contributed by atoms with Crippen LogP contribution in [-0.2, 0) is 13.5 Å². The van der Waals surface area contributed by atoms with Crippen molar-refractivity contribution in [3.05, 3.63) is 59.0 Å². The number of aryl methyl sites for hydroxylation is 3. The number of carbonyl (C=O) groups is 1. The summed E-state index contributed by atoms with van der Waals surface area (Å²) in [6.45, 7) is 4.60. The molecule has 5 heteroatoms. The first-order valence-corrected chi connectivity index (χ1v) is 8.05. The lowest BCUT2D eigenvalue weighted by Gasteiger charge is -2.18. The largest absolute Gasteiger partial charge is 0.341 e. The molecule has 0 aliphatic carbocycles. The van der Waals surface area contributed by atoms with Gasteiger partial charge in [0.1, 0.15) is 0 Å².